The number of carbonyl (C=O) groups excluding carboxylic acids is 1. The van der Waals surface area contributed by atoms with Crippen LogP contribution in [0.5, 0.6) is 11.5 Å². The summed E-state index contributed by atoms with van der Waals surface area (Å²) >= 11 is 0. The van der Waals surface area contributed by atoms with Crippen molar-refractivity contribution in [3.63, 3.8) is 0 Å². The lowest BCUT2D eigenvalue weighted by atomic mass is 10.0. The number of amides is 1. The minimum Gasteiger partial charge on any atom is -0.497 e. The number of likely N-dealkylation sites (tertiary alicyclic amines) is 1. The van der Waals surface area contributed by atoms with E-state index in [1.807, 2.05) is 43.0 Å². The van der Waals surface area contributed by atoms with Crippen molar-refractivity contribution in [1.82, 2.24) is 4.90 Å². The van der Waals surface area contributed by atoms with Crippen molar-refractivity contribution in [1.29, 1.82) is 0 Å². The molecule has 1 aliphatic rings. The van der Waals surface area contributed by atoms with Crippen LogP contribution in [0, 0.1) is 20.8 Å². The van der Waals surface area contributed by atoms with Crippen LogP contribution in [-0.4, -0.2) is 31.1 Å². The van der Waals surface area contributed by atoms with Gasteiger partial charge in [0, 0.05) is 6.54 Å². The minimum atomic E-state index is 0.0442. The molecule has 26 heavy (non-hydrogen) atoms. The number of hydrogen-bond donors (Lipinski definition) is 0. The second-order valence-corrected chi connectivity index (χ2v) is 7.03. The first-order valence-corrected chi connectivity index (χ1v) is 9.13. The fourth-order valence-electron chi connectivity index (χ4n) is 3.85. The van der Waals surface area contributed by atoms with Gasteiger partial charge in [-0.3, -0.25) is 4.79 Å². The molecule has 0 spiro atoms. The van der Waals surface area contributed by atoms with Crippen molar-refractivity contribution in [3.05, 3.63) is 58.7 Å². The molecule has 0 saturated carbocycles. The first kappa shape index (κ1) is 18.3. The molecule has 4 heteroatoms. The first-order chi connectivity index (χ1) is 12.5. The fourth-order valence-corrected chi connectivity index (χ4v) is 3.85. The van der Waals surface area contributed by atoms with Crippen molar-refractivity contribution in [2.24, 2.45) is 0 Å². The third kappa shape index (κ3) is 3.85. The van der Waals surface area contributed by atoms with Gasteiger partial charge < -0.3 is 14.4 Å². The maximum Gasteiger partial charge on any atom is 0.261 e. The maximum atomic E-state index is 12.8. The van der Waals surface area contributed by atoms with Crippen molar-refractivity contribution in [2.45, 2.75) is 39.7 Å². The number of carbonyl (C=O) groups is 1. The van der Waals surface area contributed by atoms with Crippen molar-refractivity contribution >= 4 is 5.91 Å². The van der Waals surface area contributed by atoms with Gasteiger partial charge in [0.25, 0.3) is 5.91 Å². The molecule has 1 fully saturated rings. The summed E-state index contributed by atoms with van der Waals surface area (Å²) in [6.45, 7) is 6.98. The number of aryl methyl sites for hydroxylation is 3. The topological polar surface area (TPSA) is 38.8 Å². The highest BCUT2D eigenvalue weighted by Gasteiger charge is 2.30. The van der Waals surface area contributed by atoms with E-state index in [1.54, 1.807) is 7.11 Å². The molecule has 3 rings (SSSR count). The zero-order chi connectivity index (χ0) is 18.7. The zero-order valence-corrected chi connectivity index (χ0v) is 16.0. The van der Waals surface area contributed by atoms with Crippen LogP contribution in [0.2, 0.25) is 0 Å². The summed E-state index contributed by atoms with van der Waals surface area (Å²) in [4.78, 5) is 14.7. The van der Waals surface area contributed by atoms with Gasteiger partial charge in [-0.2, -0.15) is 0 Å². The van der Waals surface area contributed by atoms with Gasteiger partial charge in [-0.05, 0) is 62.4 Å². The summed E-state index contributed by atoms with van der Waals surface area (Å²) in [6, 6.07) is 12.3. The lowest BCUT2D eigenvalue weighted by Gasteiger charge is -2.25. The molecule has 1 amide bonds. The van der Waals surface area contributed by atoms with Gasteiger partial charge >= 0.3 is 0 Å². The van der Waals surface area contributed by atoms with Crippen molar-refractivity contribution in [3.8, 4) is 11.5 Å². The molecule has 4 nitrogen and oxygen atoms in total. The van der Waals surface area contributed by atoms with Crippen LogP contribution < -0.4 is 9.47 Å². The van der Waals surface area contributed by atoms with Crippen LogP contribution in [-0.2, 0) is 4.79 Å². The van der Waals surface area contributed by atoms with E-state index in [-0.39, 0.29) is 18.6 Å². The SMILES string of the molecule is COc1ccc([C@H]2CCCN2C(=O)COc2c(C)cc(C)cc2C)cc1. The summed E-state index contributed by atoms with van der Waals surface area (Å²) in [5.41, 5.74) is 4.50. The summed E-state index contributed by atoms with van der Waals surface area (Å²) in [6.07, 6.45) is 2.01. The van der Waals surface area contributed by atoms with Gasteiger partial charge in [-0.25, -0.2) is 0 Å². The highest BCUT2D eigenvalue weighted by Crippen LogP contribution is 2.33. The van der Waals surface area contributed by atoms with Crippen LogP contribution in [0.15, 0.2) is 36.4 Å². The molecule has 0 aromatic heterocycles. The first-order valence-electron chi connectivity index (χ1n) is 9.13. The number of nitrogens with zero attached hydrogens (tertiary/aromatic N) is 1. The molecule has 0 N–H and O–H groups in total. The van der Waals surface area contributed by atoms with Gasteiger partial charge in [0.1, 0.15) is 11.5 Å². The molecule has 2 aromatic rings. The number of ether oxygens (including phenoxy) is 2. The molecule has 2 aromatic carbocycles. The predicted octanol–water partition coefficient (Wildman–Crippen LogP) is 4.36. The Kier molecular flexibility index (Phi) is 5.50. The fraction of sp³-hybridized carbons (Fsp3) is 0.409. The predicted molar refractivity (Wildman–Crippen MR) is 103 cm³/mol. The average Bonchev–Trinajstić information content (AvgIpc) is 3.10. The van der Waals surface area contributed by atoms with Crippen LogP contribution in [0.4, 0.5) is 0 Å². The van der Waals surface area contributed by atoms with Crippen LogP contribution in [0.3, 0.4) is 0 Å². The molecular formula is C22H27NO3. The van der Waals surface area contributed by atoms with E-state index in [4.69, 9.17) is 9.47 Å². The molecule has 0 radical (unpaired) electrons. The molecule has 1 aliphatic heterocycles. The Morgan fingerprint density at radius 2 is 1.77 bits per heavy atom. The average molecular weight is 353 g/mol. The Labute approximate surface area is 155 Å². The van der Waals surface area contributed by atoms with Gasteiger partial charge in [0.2, 0.25) is 0 Å². The third-order valence-corrected chi connectivity index (χ3v) is 5.02. The molecule has 0 bridgehead atoms. The lowest BCUT2D eigenvalue weighted by Crippen LogP contribution is -2.34. The Balaban J connectivity index is 1.68. The lowest BCUT2D eigenvalue weighted by molar-refractivity contribution is -0.134. The Hall–Kier alpha value is -2.49. The number of methoxy groups -OCH3 is 1. The van der Waals surface area contributed by atoms with E-state index < -0.39 is 0 Å². The molecule has 1 atom stereocenters. The largest absolute Gasteiger partial charge is 0.497 e. The molecule has 1 heterocycles. The smallest absolute Gasteiger partial charge is 0.261 e. The van der Waals surface area contributed by atoms with E-state index >= 15 is 0 Å². The van der Waals surface area contributed by atoms with Gasteiger partial charge in [-0.15, -0.1) is 0 Å². The zero-order valence-electron chi connectivity index (χ0n) is 16.0. The molecule has 0 unspecified atom stereocenters. The minimum absolute atomic E-state index is 0.0442. The quantitative estimate of drug-likeness (QED) is 0.801. The summed E-state index contributed by atoms with van der Waals surface area (Å²) in [5, 5.41) is 0. The van der Waals surface area contributed by atoms with Gasteiger partial charge in [0.05, 0.1) is 13.2 Å². The normalized spacial score (nSPS) is 16.6. The highest BCUT2D eigenvalue weighted by molar-refractivity contribution is 5.78. The molecule has 0 aliphatic carbocycles. The molecule has 1 saturated heterocycles. The van der Waals surface area contributed by atoms with Crippen molar-refractivity contribution < 1.29 is 14.3 Å². The van der Waals surface area contributed by atoms with Crippen LogP contribution in [0.25, 0.3) is 0 Å². The number of benzene rings is 2. The summed E-state index contributed by atoms with van der Waals surface area (Å²) in [7, 11) is 1.66. The Morgan fingerprint density at radius 1 is 1.12 bits per heavy atom. The molecule has 138 valence electrons. The standard InChI is InChI=1S/C22H27NO3/c1-15-12-16(2)22(17(3)13-15)26-14-21(24)23-11-5-6-20(23)18-7-9-19(25-4)10-8-18/h7-10,12-13,20H,5-6,11,14H2,1-4H3/t20-/m1/s1. The van der Waals surface area contributed by atoms with Crippen molar-refractivity contribution in [2.75, 3.05) is 20.3 Å². The number of hydrogen-bond acceptors (Lipinski definition) is 3. The summed E-state index contributed by atoms with van der Waals surface area (Å²) in [5.74, 6) is 1.70. The monoisotopic (exact) mass is 353 g/mol. The van der Waals surface area contributed by atoms with Crippen LogP contribution in [0.1, 0.15) is 41.1 Å². The van der Waals surface area contributed by atoms with Gasteiger partial charge in [0.15, 0.2) is 6.61 Å². The maximum absolute atomic E-state index is 12.8. The Bertz CT molecular complexity index is 759. The summed E-state index contributed by atoms with van der Waals surface area (Å²) < 4.78 is 11.1. The Morgan fingerprint density at radius 3 is 2.38 bits per heavy atom. The van der Waals surface area contributed by atoms with E-state index in [1.165, 1.54) is 5.56 Å². The van der Waals surface area contributed by atoms with Crippen LogP contribution >= 0.6 is 0 Å². The second-order valence-electron chi connectivity index (χ2n) is 7.03. The second kappa shape index (κ2) is 7.81. The van der Waals surface area contributed by atoms with Gasteiger partial charge in [-0.1, -0.05) is 29.8 Å². The van der Waals surface area contributed by atoms with E-state index in [0.29, 0.717) is 0 Å². The van der Waals surface area contributed by atoms with E-state index in [0.717, 1.165) is 47.6 Å². The van der Waals surface area contributed by atoms with E-state index in [9.17, 15) is 4.79 Å². The third-order valence-electron chi connectivity index (χ3n) is 5.02. The molecular weight excluding hydrogens is 326 g/mol. The number of rotatable bonds is 5. The van der Waals surface area contributed by atoms with E-state index in [2.05, 4.69) is 19.1 Å². The highest BCUT2D eigenvalue weighted by atomic mass is 16.5.